The van der Waals surface area contributed by atoms with E-state index < -0.39 is 0 Å². The summed E-state index contributed by atoms with van der Waals surface area (Å²) in [5, 5.41) is 5.66. The third-order valence-corrected chi connectivity index (χ3v) is 6.61. The van der Waals surface area contributed by atoms with Crippen LogP contribution < -0.4 is 10.3 Å². The quantitative estimate of drug-likeness (QED) is 0.329. The smallest absolute Gasteiger partial charge is 0.282 e. The minimum absolute atomic E-state index is 0.0165. The maximum absolute atomic E-state index is 13.3. The maximum atomic E-state index is 13.3. The molecule has 0 saturated heterocycles. The molecule has 3 aromatic rings. The molecular formula is C26H29BrClN3O2. The fraction of sp³-hybridized carbons (Fsp3) is 0.423. The average molecular weight is 531 g/mol. The van der Waals surface area contributed by atoms with Crippen LogP contribution in [0.15, 0.2) is 50.8 Å². The van der Waals surface area contributed by atoms with Gasteiger partial charge in [0.25, 0.3) is 5.56 Å². The summed E-state index contributed by atoms with van der Waals surface area (Å²) < 4.78 is 8.15. The fourth-order valence-electron chi connectivity index (χ4n) is 4.08. The first-order chi connectivity index (χ1) is 15.7. The van der Waals surface area contributed by atoms with Gasteiger partial charge in [-0.15, -0.1) is 0 Å². The maximum Gasteiger partial charge on any atom is 0.282 e. The highest BCUT2D eigenvalue weighted by Gasteiger charge is 2.22. The van der Waals surface area contributed by atoms with Crippen LogP contribution in [-0.2, 0) is 0 Å². The summed E-state index contributed by atoms with van der Waals surface area (Å²) in [6, 6.07) is 11.2. The summed E-state index contributed by atoms with van der Waals surface area (Å²) in [6.45, 7) is 6.86. The van der Waals surface area contributed by atoms with Gasteiger partial charge >= 0.3 is 0 Å². The van der Waals surface area contributed by atoms with Crippen LogP contribution in [0.25, 0.3) is 10.9 Å². The number of para-hydroxylation sites is 1. The molecule has 0 unspecified atom stereocenters. The SMILES string of the molecule is CC(C)(C)COc1c(Cl)cc(C=Nn2c(C3CCCCC3)nc3ccccc3c2=O)cc1Br. The lowest BCUT2D eigenvalue weighted by atomic mass is 9.88. The van der Waals surface area contributed by atoms with Gasteiger partial charge in [0, 0.05) is 5.92 Å². The molecule has 0 spiro atoms. The first-order valence-corrected chi connectivity index (χ1v) is 12.6. The normalized spacial score (nSPS) is 15.4. The van der Waals surface area contributed by atoms with E-state index in [9.17, 15) is 4.79 Å². The van der Waals surface area contributed by atoms with Gasteiger partial charge in [0.05, 0.1) is 33.2 Å². The van der Waals surface area contributed by atoms with Crippen LogP contribution >= 0.6 is 27.5 Å². The molecule has 0 bridgehead atoms. The minimum atomic E-state index is -0.146. The van der Waals surface area contributed by atoms with E-state index in [2.05, 4.69) is 41.8 Å². The highest BCUT2D eigenvalue weighted by atomic mass is 79.9. The van der Waals surface area contributed by atoms with E-state index >= 15 is 0 Å². The summed E-state index contributed by atoms with van der Waals surface area (Å²) >= 11 is 10.1. The van der Waals surface area contributed by atoms with Crippen LogP contribution in [0.1, 0.15) is 70.2 Å². The lowest BCUT2D eigenvalue weighted by Crippen LogP contribution is -2.25. The molecule has 1 heterocycles. The van der Waals surface area contributed by atoms with Crippen LogP contribution in [-0.4, -0.2) is 22.5 Å². The van der Waals surface area contributed by atoms with Gasteiger partial charge in [-0.3, -0.25) is 4.79 Å². The largest absolute Gasteiger partial charge is 0.490 e. The Kier molecular flexibility index (Phi) is 7.25. The molecule has 5 nitrogen and oxygen atoms in total. The van der Waals surface area contributed by atoms with E-state index in [-0.39, 0.29) is 16.9 Å². The van der Waals surface area contributed by atoms with Crippen molar-refractivity contribution in [3.63, 3.8) is 0 Å². The number of fused-ring (bicyclic) bond motifs is 1. The zero-order valence-corrected chi connectivity index (χ0v) is 21.6. The van der Waals surface area contributed by atoms with Gasteiger partial charge in [-0.05, 0) is 64.0 Å². The lowest BCUT2D eigenvalue weighted by Gasteiger charge is -2.22. The number of hydrogen-bond donors (Lipinski definition) is 0. The van der Waals surface area contributed by atoms with E-state index in [4.69, 9.17) is 21.3 Å². The molecule has 0 atom stereocenters. The Morgan fingerprint density at radius 1 is 1.21 bits per heavy atom. The number of hydrogen-bond acceptors (Lipinski definition) is 4. The van der Waals surface area contributed by atoms with Crippen molar-refractivity contribution in [3.8, 4) is 5.75 Å². The summed E-state index contributed by atoms with van der Waals surface area (Å²) in [5.74, 6) is 1.58. The van der Waals surface area contributed by atoms with Crippen LogP contribution in [0.5, 0.6) is 5.75 Å². The second-order valence-corrected chi connectivity index (χ2v) is 11.1. The van der Waals surface area contributed by atoms with Crippen molar-refractivity contribution in [1.29, 1.82) is 0 Å². The van der Waals surface area contributed by atoms with Crippen molar-refractivity contribution < 1.29 is 4.74 Å². The monoisotopic (exact) mass is 529 g/mol. The zero-order valence-electron chi connectivity index (χ0n) is 19.3. The molecule has 0 radical (unpaired) electrons. The highest BCUT2D eigenvalue weighted by Crippen LogP contribution is 2.35. The van der Waals surface area contributed by atoms with Gasteiger partial charge in [0.2, 0.25) is 0 Å². The predicted molar refractivity (Wildman–Crippen MR) is 139 cm³/mol. The number of benzene rings is 2. The molecule has 4 rings (SSSR count). The molecule has 1 fully saturated rings. The summed E-state index contributed by atoms with van der Waals surface area (Å²) in [4.78, 5) is 18.2. The summed E-state index contributed by atoms with van der Waals surface area (Å²) in [7, 11) is 0. The third-order valence-electron chi connectivity index (χ3n) is 5.74. The van der Waals surface area contributed by atoms with Gasteiger partial charge < -0.3 is 4.74 Å². The van der Waals surface area contributed by atoms with Gasteiger partial charge in [-0.25, -0.2) is 4.98 Å². The average Bonchev–Trinajstić information content (AvgIpc) is 2.77. The minimum Gasteiger partial charge on any atom is -0.490 e. The molecular weight excluding hydrogens is 502 g/mol. The van der Waals surface area contributed by atoms with Crippen molar-refractivity contribution in [3.05, 3.63) is 67.6 Å². The lowest BCUT2D eigenvalue weighted by molar-refractivity contribution is 0.197. The van der Waals surface area contributed by atoms with E-state index in [0.29, 0.717) is 22.8 Å². The molecule has 33 heavy (non-hydrogen) atoms. The topological polar surface area (TPSA) is 56.5 Å². The first kappa shape index (κ1) is 24.0. The summed E-state index contributed by atoms with van der Waals surface area (Å²) in [6.07, 6.45) is 7.24. The molecule has 0 N–H and O–H groups in total. The van der Waals surface area contributed by atoms with Crippen molar-refractivity contribution >= 4 is 44.6 Å². The highest BCUT2D eigenvalue weighted by molar-refractivity contribution is 9.10. The van der Waals surface area contributed by atoms with E-state index in [0.717, 1.165) is 47.1 Å². The second-order valence-electron chi connectivity index (χ2n) is 9.85. The second kappa shape index (κ2) is 9.98. The number of nitrogens with zero attached hydrogens (tertiary/aromatic N) is 3. The Hall–Kier alpha value is -2.18. The molecule has 0 aliphatic heterocycles. The van der Waals surface area contributed by atoms with E-state index in [1.807, 2.05) is 24.3 Å². The van der Waals surface area contributed by atoms with Crippen molar-refractivity contribution in [2.75, 3.05) is 6.61 Å². The van der Waals surface area contributed by atoms with Gasteiger partial charge in [0.1, 0.15) is 5.82 Å². The Balaban J connectivity index is 1.71. The zero-order chi connectivity index (χ0) is 23.6. The van der Waals surface area contributed by atoms with Crippen molar-refractivity contribution in [2.45, 2.75) is 58.8 Å². The van der Waals surface area contributed by atoms with Gasteiger partial charge in [-0.2, -0.15) is 9.78 Å². The van der Waals surface area contributed by atoms with Crippen molar-refractivity contribution in [1.82, 2.24) is 9.66 Å². The van der Waals surface area contributed by atoms with Crippen LogP contribution in [0.3, 0.4) is 0 Å². The van der Waals surface area contributed by atoms with Crippen LogP contribution in [0.4, 0.5) is 0 Å². The Morgan fingerprint density at radius 3 is 2.64 bits per heavy atom. The molecule has 1 saturated carbocycles. The molecule has 1 aromatic heterocycles. The number of ether oxygens (including phenoxy) is 1. The number of rotatable bonds is 5. The molecule has 174 valence electrons. The predicted octanol–water partition coefficient (Wildman–Crippen LogP) is 7.17. The third kappa shape index (κ3) is 5.67. The summed E-state index contributed by atoms with van der Waals surface area (Å²) in [5.41, 5.74) is 1.36. The van der Waals surface area contributed by atoms with E-state index in [1.165, 1.54) is 11.1 Å². The molecule has 1 aliphatic rings. The molecule has 0 amide bonds. The molecule has 1 aliphatic carbocycles. The fourth-order valence-corrected chi connectivity index (χ4v) is 5.07. The Labute approximate surface area is 208 Å². The standard InChI is InChI=1S/C26H29BrClN3O2/c1-26(2,3)16-33-23-20(27)13-17(14-21(23)28)15-29-31-24(18-9-5-4-6-10-18)30-22-12-8-7-11-19(22)25(31)32/h7-8,11-15,18H,4-6,9-10,16H2,1-3H3. The van der Waals surface area contributed by atoms with Crippen LogP contribution in [0, 0.1) is 5.41 Å². The van der Waals surface area contributed by atoms with Gasteiger partial charge in [-0.1, -0.05) is 63.8 Å². The van der Waals surface area contributed by atoms with Crippen molar-refractivity contribution in [2.24, 2.45) is 10.5 Å². The Bertz CT molecular complexity index is 1220. The Morgan fingerprint density at radius 2 is 1.94 bits per heavy atom. The first-order valence-electron chi connectivity index (χ1n) is 11.4. The van der Waals surface area contributed by atoms with Gasteiger partial charge in [0.15, 0.2) is 5.75 Å². The molecule has 2 aromatic carbocycles. The number of halogens is 2. The van der Waals surface area contributed by atoms with E-state index in [1.54, 1.807) is 18.3 Å². The molecule has 7 heteroatoms. The number of aromatic nitrogens is 2. The van der Waals surface area contributed by atoms with Crippen LogP contribution in [0.2, 0.25) is 5.02 Å².